The minimum atomic E-state index is -4.49. The summed E-state index contributed by atoms with van der Waals surface area (Å²) in [4.78, 5) is 28.0. The van der Waals surface area contributed by atoms with Gasteiger partial charge in [-0.25, -0.2) is 4.98 Å². The monoisotopic (exact) mass is 373 g/mol. The Balaban J connectivity index is 1.59. The van der Waals surface area contributed by atoms with E-state index >= 15 is 0 Å². The molecular formula is C14H14F3N5O2S. The molecule has 1 unspecified atom stereocenters. The minimum absolute atomic E-state index is 0.172. The highest BCUT2D eigenvalue weighted by Gasteiger charge is 2.36. The van der Waals surface area contributed by atoms with Crippen LogP contribution in [0.3, 0.4) is 0 Å². The van der Waals surface area contributed by atoms with E-state index in [1.165, 1.54) is 22.4 Å². The molecule has 1 N–H and O–H groups in total. The Kier molecular flexibility index (Phi) is 4.75. The number of thiazole rings is 1. The van der Waals surface area contributed by atoms with Crippen molar-refractivity contribution in [1.29, 1.82) is 0 Å². The van der Waals surface area contributed by atoms with Crippen LogP contribution in [0.25, 0.3) is 0 Å². The van der Waals surface area contributed by atoms with Crippen molar-refractivity contribution in [1.82, 2.24) is 19.7 Å². The molecule has 1 aliphatic rings. The Bertz CT molecular complexity index is 773. The Labute approximate surface area is 144 Å². The van der Waals surface area contributed by atoms with Gasteiger partial charge >= 0.3 is 6.18 Å². The molecule has 3 heterocycles. The Morgan fingerprint density at radius 3 is 2.96 bits per heavy atom. The number of anilines is 2. The summed E-state index contributed by atoms with van der Waals surface area (Å²) in [6.45, 7) is 0.472. The fourth-order valence-electron chi connectivity index (χ4n) is 2.58. The van der Waals surface area contributed by atoms with Crippen LogP contribution in [0.2, 0.25) is 0 Å². The zero-order chi connectivity index (χ0) is 18.0. The van der Waals surface area contributed by atoms with E-state index in [1.54, 1.807) is 16.9 Å². The first-order valence-electron chi connectivity index (χ1n) is 7.42. The van der Waals surface area contributed by atoms with Gasteiger partial charge in [-0.3, -0.25) is 14.3 Å². The van der Waals surface area contributed by atoms with Crippen molar-refractivity contribution < 1.29 is 22.8 Å². The number of nitrogens with zero attached hydrogens (tertiary/aromatic N) is 4. The minimum Gasteiger partial charge on any atom is -0.340 e. The molecule has 134 valence electrons. The van der Waals surface area contributed by atoms with E-state index in [4.69, 9.17) is 0 Å². The van der Waals surface area contributed by atoms with Crippen molar-refractivity contribution in [2.45, 2.75) is 25.1 Å². The SMILES string of the molecule is O=Cc1cnc(Nc2ccn(C3CCN(C(=O)CC(F)(F)F)C3)n2)s1. The largest absolute Gasteiger partial charge is 0.397 e. The fraction of sp³-hybridized carbons (Fsp3) is 0.429. The predicted octanol–water partition coefficient (Wildman–Crippen LogP) is 2.62. The molecule has 1 aliphatic heterocycles. The van der Waals surface area contributed by atoms with Gasteiger partial charge < -0.3 is 10.2 Å². The molecule has 0 aliphatic carbocycles. The first-order valence-corrected chi connectivity index (χ1v) is 8.23. The van der Waals surface area contributed by atoms with Crippen LogP contribution >= 0.6 is 11.3 Å². The van der Waals surface area contributed by atoms with Crippen LogP contribution in [0.15, 0.2) is 18.5 Å². The van der Waals surface area contributed by atoms with Gasteiger partial charge in [-0.2, -0.15) is 18.3 Å². The van der Waals surface area contributed by atoms with E-state index in [0.29, 0.717) is 28.5 Å². The van der Waals surface area contributed by atoms with Crippen molar-refractivity contribution in [2.24, 2.45) is 0 Å². The lowest BCUT2D eigenvalue weighted by Gasteiger charge is -2.17. The molecule has 0 saturated carbocycles. The number of carbonyl (C=O) groups excluding carboxylic acids is 2. The normalized spacial score (nSPS) is 17.7. The summed E-state index contributed by atoms with van der Waals surface area (Å²) in [7, 11) is 0. The van der Waals surface area contributed by atoms with Crippen LogP contribution in [-0.2, 0) is 4.79 Å². The van der Waals surface area contributed by atoms with Crippen LogP contribution in [-0.4, -0.2) is 51.1 Å². The van der Waals surface area contributed by atoms with Gasteiger partial charge in [-0.05, 0) is 6.42 Å². The van der Waals surface area contributed by atoms with Gasteiger partial charge in [0.15, 0.2) is 17.2 Å². The summed E-state index contributed by atoms with van der Waals surface area (Å²) in [5.41, 5.74) is 0. The summed E-state index contributed by atoms with van der Waals surface area (Å²) in [6, 6.07) is 1.52. The topological polar surface area (TPSA) is 80.1 Å². The van der Waals surface area contributed by atoms with Crippen molar-refractivity contribution in [3.05, 3.63) is 23.3 Å². The van der Waals surface area contributed by atoms with Crippen molar-refractivity contribution in [2.75, 3.05) is 18.4 Å². The van der Waals surface area contributed by atoms with E-state index in [-0.39, 0.29) is 19.1 Å². The van der Waals surface area contributed by atoms with E-state index in [9.17, 15) is 22.8 Å². The van der Waals surface area contributed by atoms with Gasteiger partial charge in [0.1, 0.15) is 6.42 Å². The number of nitrogens with one attached hydrogen (secondary N) is 1. The number of hydrogen-bond donors (Lipinski definition) is 1. The third kappa shape index (κ3) is 4.35. The third-order valence-corrected chi connectivity index (χ3v) is 4.56. The summed E-state index contributed by atoms with van der Waals surface area (Å²) in [5.74, 6) is -0.406. The molecule has 2 aromatic heterocycles. The van der Waals surface area contributed by atoms with Crippen LogP contribution in [0.1, 0.15) is 28.6 Å². The highest BCUT2D eigenvalue weighted by Crippen LogP contribution is 2.27. The molecule has 0 radical (unpaired) electrons. The maximum absolute atomic E-state index is 12.3. The van der Waals surface area contributed by atoms with Gasteiger partial charge in [0.05, 0.1) is 17.1 Å². The highest BCUT2D eigenvalue weighted by molar-refractivity contribution is 7.17. The van der Waals surface area contributed by atoms with Crippen molar-refractivity contribution in [3.8, 4) is 0 Å². The molecule has 1 atom stereocenters. The number of amides is 1. The number of aromatic nitrogens is 3. The van der Waals surface area contributed by atoms with Crippen LogP contribution in [0.5, 0.6) is 0 Å². The van der Waals surface area contributed by atoms with E-state index in [0.717, 1.165) is 0 Å². The number of rotatable bonds is 5. The van der Waals surface area contributed by atoms with Crippen LogP contribution < -0.4 is 5.32 Å². The summed E-state index contributed by atoms with van der Waals surface area (Å²) in [6.07, 6.45) is -1.55. The standard InChI is InChI=1S/C14H14F3N5O2S/c15-14(16,17)5-12(24)21-3-1-9(7-21)22-4-2-11(20-22)19-13-18-6-10(8-23)25-13/h2,4,6,8-9H,1,3,5,7H2,(H,18,19,20). The average molecular weight is 373 g/mol. The quantitative estimate of drug-likeness (QED) is 0.815. The zero-order valence-electron chi connectivity index (χ0n) is 12.9. The number of likely N-dealkylation sites (tertiary alicyclic amines) is 1. The number of aldehydes is 1. The molecule has 11 heteroatoms. The molecule has 1 fully saturated rings. The zero-order valence-corrected chi connectivity index (χ0v) is 13.7. The smallest absolute Gasteiger partial charge is 0.340 e. The van der Waals surface area contributed by atoms with Crippen molar-refractivity contribution in [3.63, 3.8) is 0 Å². The summed E-state index contributed by atoms with van der Waals surface area (Å²) >= 11 is 1.18. The van der Waals surface area contributed by atoms with E-state index in [2.05, 4.69) is 15.4 Å². The second kappa shape index (κ2) is 6.82. The molecule has 7 nitrogen and oxygen atoms in total. The van der Waals surface area contributed by atoms with Gasteiger partial charge in [-0.1, -0.05) is 11.3 Å². The lowest BCUT2D eigenvalue weighted by atomic mass is 10.3. The van der Waals surface area contributed by atoms with E-state index in [1.807, 2.05) is 0 Å². The summed E-state index contributed by atoms with van der Waals surface area (Å²) in [5, 5.41) is 7.78. The number of carbonyl (C=O) groups is 2. The molecule has 1 saturated heterocycles. The van der Waals surface area contributed by atoms with Crippen LogP contribution in [0.4, 0.5) is 24.1 Å². The predicted molar refractivity (Wildman–Crippen MR) is 83.9 cm³/mol. The third-order valence-electron chi connectivity index (χ3n) is 3.72. The van der Waals surface area contributed by atoms with E-state index < -0.39 is 18.5 Å². The molecule has 3 rings (SSSR count). The number of alkyl halides is 3. The van der Waals surface area contributed by atoms with Crippen molar-refractivity contribution >= 4 is 34.5 Å². The second-order valence-corrected chi connectivity index (χ2v) is 6.63. The van der Waals surface area contributed by atoms with Gasteiger partial charge in [0.2, 0.25) is 5.91 Å². The molecule has 2 aromatic rings. The van der Waals surface area contributed by atoms with Gasteiger partial charge in [-0.15, -0.1) is 0 Å². The summed E-state index contributed by atoms with van der Waals surface area (Å²) < 4.78 is 38.6. The lowest BCUT2D eigenvalue weighted by Crippen LogP contribution is -2.32. The Hall–Kier alpha value is -2.43. The molecule has 1 amide bonds. The maximum atomic E-state index is 12.3. The Morgan fingerprint density at radius 2 is 2.28 bits per heavy atom. The lowest BCUT2D eigenvalue weighted by molar-refractivity contribution is -0.160. The fourth-order valence-corrected chi connectivity index (χ4v) is 3.22. The molecule has 25 heavy (non-hydrogen) atoms. The molecule has 0 spiro atoms. The maximum Gasteiger partial charge on any atom is 0.397 e. The number of hydrogen-bond acceptors (Lipinski definition) is 6. The average Bonchev–Trinajstić information content (AvgIpc) is 3.25. The molecule has 0 aromatic carbocycles. The van der Waals surface area contributed by atoms with Crippen LogP contribution in [0, 0.1) is 0 Å². The second-order valence-electron chi connectivity index (χ2n) is 5.57. The highest BCUT2D eigenvalue weighted by atomic mass is 32.1. The Morgan fingerprint density at radius 1 is 1.48 bits per heavy atom. The first-order chi connectivity index (χ1) is 11.8. The number of halogens is 3. The molecule has 0 bridgehead atoms. The van der Waals surface area contributed by atoms with Gasteiger partial charge in [0.25, 0.3) is 0 Å². The molecular weight excluding hydrogens is 359 g/mol. The van der Waals surface area contributed by atoms with Gasteiger partial charge in [0, 0.05) is 25.4 Å². The first kappa shape index (κ1) is 17.4.